The molecular weight excluding hydrogens is 372 g/mol. The number of rotatable bonds is 5. The lowest BCUT2D eigenvalue weighted by Gasteiger charge is -2.32. The fourth-order valence-corrected chi connectivity index (χ4v) is 3.84. The molecule has 1 saturated heterocycles. The summed E-state index contributed by atoms with van der Waals surface area (Å²) in [6.07, 6.45) is 5.31. The number of nitrogens with one attached hydrogen (secondary N) is 1. The zero-order valence-electron chi connectivity index (χ0n) is 15.7. The summed E-state index contributed by atoms with van der Waals surface area (Å²) in [7, 11) is 0. The highest BCUT2D eigenvalue weighted by molar-refractivity contribution is 7.98. The largest absolute Gasteiger partial charge is 0.352 e. The molecule has 0 saturated carbocycles. The smallest absolute Gasteiger partial charge is 0.256 e. The molecule has 144 valence electrons. The molecule has 0 radical (unpaired) electrons. The second kappa shape index (κ2) is 9.38. The highest BCUT2D eigenvalue weighted by atomic mass is 32.2. The molecule has 0 spiro atoms. The first-order chi connectivity index (χ1) is 13.6. The molecule has 7 heteroatoms. The van der Waals surface area contributed by atoms with Crippen molar-refractivity contribution in [2.45, 2.75) is 17.9 Å². The molecule has 1 aliphatic heterocycles. The molecule has 3 rings (SSSR count). The first-order valence-corrected chi connectivity index (χ1v) is 10.4. The van der Waals surface area contributed by atoms with Crippen molar-refractivity contribution in [3.05, 3.63) is 59.3 Å². The molecule has 1 N–H and O–H groups in total. The Morgan fingerprint density at radius 2 is 2.07 bits per heavy atom. The first kappa shape index (κ1) is 19.9. The number of piperidine rings is 1. The number of benzene rings is 1. The standard InChI is InChI=1S/C21H22N4O2S/c1-28-20-18(6-3-9-23-20)21(27)25-10-7-15(8-11-25)14-24-19(26)17-5-2-4-16(12-17)13-22/h2-6,9,12,15H,7-8,10-11,14H2,1H3,(H,24,26). The van der Waals surface area contributed by atoms with Gasteiger partial charge in [0.1, 0.15) is 5.03 Å². The van der Waals surface area contributed by atoms with Crippen molar-refractivity contribution in [2.24, 2.45) is 5.92 Å². The molecule has 2 heterocycles. The van der Waals surface area contributed by atoms with Gasteiger partial charge in [0.05, 0.1) is 17.2 Å². The summed E-state index contributed by atoms with van der Waals surface area (Å²) in [5.41, 5.74) is 1.62. The summed E-state index contributed by atoms with van der Waals surface area (Å²) in [4.78, 5) is 31.2. The number of carbonyl (C=O) groups excluding carboxylic acids is 2. The predicted octanol–water partition coefficient (Wildman–Crippen LogP) is 2.96. The number of nitrogens with zero attached hydrogens (tertiary/aromatic N) is 3. The van der Waals surface area contributed by atoms with Gasteiger partial charge in [-0.25, -0.2) is 4.98 Å². The molecule has 2 aromatic rings. The first-order valence-electron chi connectivity index (χ1n) is 9.19. The monoisotopic (exact) mass is 394 g/mol. The number of pyridine rings is 1. The van der Waals surface area contributed by atoms with Gasteiger partial charge >= 0.3 is 0 Å². The third kappa shape index (κ3) is 4.70. The zero-order chi connectivity index (χ0) is 19.9. The molecular formula is C21H22N4O2S. The van der Waals surface area contributed by atoms with Crippen molar-refractivity contribution >= 4 is 23.6 Å². The topological polar surface area (TPSA) is 86.1 Å². The maximum Gasteiger partial charge on any atom is 0.256 e. The molecule has 0 unspecified atom stereocenters. The molecule has 28 heavy (non-hydrogen) atoms. The lowest BCUT2D eigenvalue weighted by molar-refractivity contribution is 0.0680. The Kier molecular flexibility index (Phi) is 6.66. The van der Waals surface area contributed by atoms with Crippen LogP contribution >= 0.6 is 11.8 Å². The van der Waals surface area contributed by atoms with Gasteiger partial charge in [0, 0.05) is 31.4 Å². The Balaban J connectivity index is 1.51. The van der Waals surface area contributed by atoms with E-state index < -0.39 is 0 Å². The van der Waals surface area contributed by atoms with E-state index in [1.54, 1.807) is 36.5 Å². The number of hydrogen-bond acceptors (Lipinski definition) is 5. The molecule has 1 aromatic carbocycles. The van der Waals surface area contributed by atoms with Gasteiger partial charge in [0.2, 0.25) is 0 Å². The van der Waals surface area contributed by atoms with E-state index in [-0.39, 0.29) is 11.8 Å². The molecule has 1 fully saturated rings. The third-order valence-electron chi connectivity index (χ3n) is 4.90. The Morgan fingerprint density at radius 1 is 1.29 bits per heavy atom. The van der Waals surface area contributed by atoms with Gasteiger partial charge < -0.3 is 10.2 Å². The number of nitriles is 1. The van der Waals surface area contributed by atoms with Crippen LogP contribution in [0.5, 0.6) is 0 Å². The van der Waals surface area contributed by atoms with Crippen molar-refractivity contribution in [2.75, 3.05) is 25.9 Å². The third-order valence-corrected chi connectivity index (χ3v) is 5.61. The van der Waals surface area contributed by atoms with Crippen molar-refractivity contribution in [1.82, 2.24) is 15.2 Å². The van der Waals surface area contributed by atoms with Gasteiger partial charge in [-0.3, -0.25) is 9.59 Å². The lowest BCUT2D eigenvalue weighted by atomic mass is 9.96. The Hall–Kier alpha value is -2.85. The quantitative estimate of drug-likeness (QED) is 0.788. The average molecular weight is 395 g/mol. The van der Waals surface area contributed by atoms with Crippen molar-refractivity contribution < 1.29 is 9.59 Å². The van der Waals surface area contributed by atoms with Crippen LogP contribution in [0.25, 0.3) is 0 Å². The molecule has 0 bridgehead atoms. The van der Waals surface area contributed by atoms with Crippen LogP contribution < -0.4 is 5.32 Å². The van der Waals surface area contributed by atoms with Crippen LogP contribution in [0.15, 0.2) is 47.6 Å². The van der Waals surface area contributed by atoms with Gasteiger partial charge in [-0.05, 0) is 55.3 Å². The Bertz CT molecular complexity index is 901. The van der Waals surface area contributed by atoms with E-state index >= 15 is 0 Å². The molecule has 1 aromatic heterocycles. The van der Waals surface area contributed by atoms with Gasteiger partial charge in [0.15, 0.2) is 0 Å². The number of thioether (sulfide) groups is 1. The fraction of sp³-hybridized carbons (Fsp3) is 0.333. The van der Waals surface area contributed by atoms with E-state index in [9.17, 15) is 9.59 Å². The van der Waals surface area contributed by atoms with Crippen LogP contribution in [0.2, 0.25) is 0 Å². The van der Waals surface area contributed by atoms with Crippen LogP contribution in [-0.2, 0) is 0 Å². The SMILES string of the molecule is CSc1ncccc1C(=O)N1CCC(CNC(=O)c2cccc(C#N)c2)CC1. The summed E-state index contributed by atoms with van der Waals surface area (Å²) in [5.74, 6) is 0.185. The van der Waals surface area contributed by atoms with Gasteiger partial charge in [-0.1, -0.05) is 6.07 Å². The van der Waals surface area contributed by atoms with Gasteiger partial charge in [-0.15, -0.1) is 11.8 Å². The number of amides is 2. The highest BCUT2D eigenvalue weighted by Gasteiger charge is 2.25. The number of hydrogen-bond donors (Lipinski definition) is 1. The van der Waals surface area contributed by atoms with Crippen molar-refractivity contribution in [1.29, 1.82) is 5.26 Å². The summed E-state index contributed by atoms with van der Waals surface area (Å²) >= 11 is 1.47. The zero-order valence-corrected chi connectivity index (χ0v) is 16.5. The number of carbonyl (C=O) groups is 2. The second-order valence-electron chi connectivity index (χ2n) is 6.70. The second-order valence-corrected chi connectivity index (χ2v) is 7.49. The van der Waals surface area contributed by atoms with Crippen LogP contribution in [0, 0.1) is 17.2 Å². The maximum absolute atomic E-state index is 12.8. The van der Waals surface area contributed by atoms with E-state index in [0.717, 1.165) is 17.9 Å². The van der Waals surface area contributed by atoms with Crippen molar-refractivity contribution in [3.63, 3.8) is 0 Å². The summed E-state index contributed by atoms with van der Waals surface area (Å²) in [6.45, 7) is 1.92. The maximum atomic E-state index is 12.8. The molecule has 1 aliphatic rings. The summed E-state index contributed by atoms with van der Waals surface area (Å²) in [5, 5.41) is 12.6. The van der Waals surface area contributed by atoms with E-state index in [2.05, 4.69) is 10.3 Å². The average Bonchev–Trinajstić information content (AvgIpc) is 2.77. The normalized spacial score (nSPS) is 14.4. The minimum absolute atomic E-state index is 0.0215. The van der Waals surface area contributed by atoms with Gasteiger partial charge in [-0.2, -0.15) is 5.26 Å². The van der Waals surface area contributed by atoms with E-state index in [4.69, 9.17) is 5.26 Å². The van der Waals surface area contributed by atoms with Crippen LogP contribution in [0.1, 0.15) is 39.1 Å². The van der Waals surface area contributed by atoms with Crippen LogP contribution in [-0.4, -0.2) is 47.6 Å². The van der Waals surface area contributed by atoms with Crippen molar-refractivity contribution in [3.8, 4) is 6.07 Å². The summed E-state index contributed by atoms with van der Waals surface area (Å²) < 4.78 is 0. The molecule has 0 aliphatic carbocycles. The fourth-order valence-electron chi connectivity index (χ4n) is 3.30. The molecule has 0 atom stereocenters. The van der Waals surface area contributed by atoms with E-state index in [0.29, 0.717) is 42.2 Å². The predicted molar refractivity (Wildman–Crippen MR) is 108 cm³/mol. The number of likely N-dealkylation sites (tertiary alicyclic amines) is 1. The Morgan fingerprint density at radius 3 is 2.79 bits per heavy atom. The van der Waals surface area contributed by atoms with Gasteiger partial charge in [0.25, 0.3) is 11.8 Å². The van der Waals surface area contributed by atoms with Crippen LogP contribution in [0.4, 0.5) is 0 Å². The lowest BCUT2D eigenvalue weighted by Crippen LogP contribution is -2.41. The van der Waals surface area contributed by atoms with Crippen LogP contribution in [0.3, 0.4) is 0 Å². The van der Waals surface area contributed by atoms with E-state index in [1.165, 1.54) is 11.8 Å². The molecule has 6 nitrogen and oxygen atoms in total. The minimum atomic E-state index is -0.171. The minimum Gasteiger partial charge on any atom is -0.352 e. The summed E-state index contributed by atoms with van der Waals surface area (Å²) in [6, 6.07) is 12.3. The number of aromatic nitrogens is 1. The van der Waals surface area contributed by atoms with E-state index in [1.807, 2.05) is 23.3 Å². The Labute approximate surface area is 169 Å². The molecule has 2 amide bonds. The highest BCUT2D eigenvalue weighted by Crippen LogP contribution is 2.22.